The van der Waals surface area contributed by atoms with E-state index in [0.717, 1.165) is 33.7 Å². The lowest BCUT2D eigenvalue weighted by molar-refractivity contribution is 0.252. The van der Waals surface area contributed by atoms with E-state index in [4.69, 9.17) is 17.3 Å². The Hall–Kier alpha value is -0.940. The molecule has 2 N–H and O–H groups in total. The topological polar surface area (TPSA) is 42.2 Å². The van der Waals surface area contributed by atoms with Gasteiger partial charge in [-0.2, -0.15) is 0 Å². The maximum absolute atomic E-state index is 6.34. The van der Waals surface area contributed by atoms with Crippen LogP contribution in [0.1, 0.15) is 17.3 Å². The van der Waals surface area contributed by atoms with Crippen LogP contribution in [-0.2, 0) is 6.42 Å². The molecule has 5 heteroatoms. The number of aromatic nitrogens is 1. The van der Waals surface area contributed by atoms with E-state index in [1.165, 1.54) is 0 Å². The monoisotopic (exact) mass is 367 g/mol. The summed E-state index contributed by atoms with van der Waals surface area (Å²) in [6.45, 7) is 1.41. The number of pyridine rings is 1. The van der Waals surface area contributed by atoms with Crippen LogP contribution in [0.5, 0.6) is 0 Å². The maximum atomic E-state index is 6.34. The van der Waals surface area contributed by atoms with Crippen molar-refractivity contribution < 1.29 is 0 Å². The molecule has 1 unspecified atom stereocenters. The third-order valence-corrected chi connectivity index (χ3v) is 4.34. The molecule has 1 aromatic heterocycles. The second-order valence-electron chi connectivity index (χ2n) is 4.97. The van der Waals surface area contributed by atoms with Gasteiger partial charge in [0.2, 0.25) is 0 Å². The molecule has 0 saturated heterocycles. The Morgan fingerprint density at radius 1 is 1.33 bits per heavy atom. The van der Waals surface area contributed by atoms with Gasteiger partial charge in [0.15, 0.2) is 0 Å². The number of likely N-dealkylation sites (N-methyl/N-ethyl adjacent to an activating group) is 1. The fourth-order valence-electron chi connectivity index (χ4n) is 2.31. The number of benzene rings is 1. The third kappa shape index (κ3) is 4.51. The van der Waals surface area contributed by atoms with Crippen molar-refractivity contribution in [3.05, 3.63) is 63.3 Å². The third-order valence-electron chi connectivity index (χ3n) is 3.52. The number of halogens is 2. The minimum Gasteiger partial charge on any atom is -0.329 e. The van der Waals surface area contributed by atoms with E-state index in [1.807, 2.05) is 42.6 Å². The predicted molar refractivity (Wildman–Crippen MR) is 91.5 cm³/mol. The highest BCUT2D eigenvalue weighted by Gasteiger charge is 2.18. The summed E-state index contributed by atoms with van der Waals surface area (Å²) in [6, 6.07) is 12.0. The van der Waals surface area contributed by atoms with Gasteiger partial charge in [0.25, 0.3) is 0 Å². The molecule has 0 bridgehead atoms. The quantitative estimate of drug-likeness (QED) is 0.846. The predicted octanol–water partition coefficient (Wildman–Crippen LogP) is 3.67. The number of nitrogens with zero attached hydrogens (tertiary/aromatic N) is 2. The molecule has 112 valence electrons. The van der Waals surface area contributed by atoms with Gasteiger partial charge in [-0.05, 0) is 36.9 Å². The highest BCUT2D eigenvalue weighted by molar-refractivity contribution is 9.10. The molecule has 3 nitrogen and oxygen atoms in total. The fourth-order valence-corrected chi connectivity index (χ4v) is 3.11. The van der Waals surface area contributed by atoms with E-state index in [2.05, 4.69) is 32.9 Å². The van der Waals surface area contributed by atoms with E-state index in [1.54, 1.807) is 0 Å². The minimum atomic E-state index is 0.106. The van der Waals surface area contributed by atoms with E-state index in [0.29, 0.717) is 6.54 Å². The van der Waals surface area contributed by atoms with Gasteiger partial charge in [-0.25, -0.2) is 0 Å². The Bertz CT molecular complexity index is 577. The molecule has 2 aromatic rings. The molecule has 0 fully saturated rings. The summed E-state index contributed by atoms with van der Waals surface area (Å²) in [4.78, 5) is 6.57. The first-order valence-corrected chi connectivity index (χ1v) is 8.04. The van der Waals surface area contributed by atoms with Gasteiger partial charge in [-0.3, -0.25) is 9.88 Å². The smallest absolute Gasteiger partial charge is 0.0482 e. The molecular formula is C16H19BrClN3. The van der Waals surface area contributed by atoms with Crippen molar-refractivity contribution in [3.8, 4) is 0 Å². The second-order valence-corrected chi connectivity index (χ2v) is 6.29. The summed E-state index contributed by atoms with van der Waals surface area (Å²) in [5.41, 5.74) is 8.10. The van der Waals surface area contributed by atoms with Crippen LogP contribution in [0.4, 0.5) is 0 Å². The molecule has 0 amide bonds. The van der Waals surface area contributed by atoms with E-state index >= 15 is 0 Å². The number of hydrogen-bond acceptors (Lipinski definition) is 3. The van der Waals surface area contributed by atoms with Crippen molar-refractivity contribution in [1.29, 1.82) is 0 Å². The summed E-state index contributed by atoms with van der Waals surface area (Å²) >= 11 is 9.77. The molecule has 1 heterocycles. The van der Waals surface area contributed by atoms with Crippen LogP contribution in [0.15, 0.2) is 47.1 Å². The normalized spacial score (nSPS) is 12.6. The summed E-state index contributed by atoms with van der Waals surface area (Å²) in [7, 11) is 2.07. The van der Waals surface area contributed by atoms with Crippen LogP contribution in [0.2, 0.25) is 5.02 Å². The van der Waals surface area contributed by atoms with Crippen LogP contribution in [0.25, 0.3) is 0 Å². The van der Waals surface area contributed by atoms with Crippen molar-refractivity contribution >= 4 is 27.5 Å². The molecule has 0 aliphatic rings. The SMILES string of the molecule is CN(CCc1ccccn1)C(CN)c1ccc(Br)cc1Cl. The molecule has 2 rings (SSSR count). The van der Waals surface area contributed by atoms with E-state index < -0.39 is 0 Å². The molecular weight excluding hydrogens is 350 g/mol. The molecule has 1 aromatic carbocycles. The summed E-state index contributed by atoms with van der Waals surface area (Å²) in [5.74, 6) is 0. The van der Waals surface area contributed by atoms with Crippen molar-refractivity contribution in [2.45, 2.75) is 12.5 Å². The molecule has 1 atom stereocenters. The Balaban J connectivity index is 2.06. The van der Waals surface area contributed by atoms with Gasteiger partial charge in [0.05, 0.1) is 0 Å². The number of nitrogens with two attached hydrogens (primary N) is 1. The van der Waals surface area contributed by atoms with Crippen LogP contribution >= 0.6 is 27.5 Å². The van der Waals surface area contributed by atoms with Crippen LogP contribution in [0.3, 0.4) is 0 Å². The van der Waals surface area contributed by atoms with Crippen LogP contribution in [-0.4, -0.2) is 30.0 Å². The lowest BCUT2D eigenvalue weighted by Crippen LogP contribution is -2.32. The van der Waals surface area contributed by atoms with E-state index in [-0.39, 0.29) is 6.04 Å². The van der Waals surface area contributed by atoms with Gasteiger partial charge >= 0.3 is 0 Å². The Kier molecular flexibility index (Phi) is 6.18. The first-order chi connectivity index (χ1) is 10.1. The Morgan fingerprint density at radius 2 is 2.14 bits per heavy atom. The molecule has 0 radical (unpaired) electrons. The van der Waals surface area contributed by atoms with Crippen molar-refractivity contribution in [2.75, 3.05) is 20.1 Å². The zero-order chi connectivity index (χ0) is 15.2. The van der Waals surface area contributed by atoms with Gasteiger partial charge in [0.1, 0.15) is 0 Å². The molecule has 21 heavy (non-hydrogen) atoms. The van der Waals surface area contributed by atoms with Crippen LogP contribution < -0.4 is 5.73 Å². The zero-order valence-electron chi connectivity index (χ0n) is 12.0. The lowest BCUT2D eigenvalue weighted by atomic mass is 10.1. The zero-order valence-corrected chi connectivity index (χ0v) is 14.3. The first kappa shape index (κ1) is 16.4. The second kappa shape index (κ2) is 7.90. The van der Waals surface area contributed by atoms with Crippen molar-refractivity contribution in [1.82, 2.24) is 9.88 Å². The van der Waals surface area contributed by atoms with Gasteiger partial charge in [-0.15, -0.1) is 0 Å². The van der Waals surface area contributed by atoms with Crippen molar-refractivity contribution in [3.63, 3.8) is 0 Å². The minimum absolute atomic E-state index is 0.106. The maximum Gasteiger partial charge on any atom is 0.0482 e. The summed E-state index contributed by atoms with van der Waals surface area (Å²) in [6.07, 6.45) is 2.71. The largest absolute Gasteiger partial charge is 0.329 e. The highest BCUT2D eigenvalue weighted by atomic mass is 79.9. The number of hydrogen-bond donors (Lipinski definition) is 1. The average molecular weight is 369 g/mol. The Labute approximate surface area is 139 Å². The standard InChI is InChI=1S/C16H19BrClN3/c1-21(9-7-13-4-2-3-8-20-13)16(11-19)14-6-5-12(17)10-15(14)18/h2-6,8,10,16H,7,9,11,19H2,1H3. The summed E-state index contributed by atoms with van der Waals surface area (Å²) in [5, 5.41) is 0.740. The van der Waals surface area contributed by atoms with Gasteiger partial charge < -0.3 is 5.73 Å². The van der Waals surface area contributed by atoms with Gasteiger partial charge in [0, 0.05) is 46.9 Å². The van der Waals surface area contributed by atoms with Crippen molar-refractivity contribution in [2.24, 2.45) is 5.73 Å². The molecule has 0 spiro atoms. The highest BCUT2D eigenvalue weighted by Crippen LogP contribution is 2.29. The Morgan fingerprint density at radius 3 is 2.76 bits per heavy atom. The molecule has 0 saturated carbocycles. The van der Waals surface area contributed by atoms with Crippen LogP contribution in [0, 0.1) is 0 Å². The number of rotatable bonds is 6. The van der Waals surface area contributed by atoms with E-state index in [9.17, 15) is 0 Å². The summed E-state index contributed by atoms with van der Waals surface area (Å²) < 4.78 is 0.975. The van der Waals surface area contributed by atoms with Gasteiger partial charge in [-0.1, -0.05) is 39.7 Å². The first-order valence-electron chi connectivity index (χ1n) is 6.87. The molecule has 0 aliphatic carbocycles. The molecule has 0 aliphatic heterocycles. The fraction of sp³-hybridized carbons (Fsp3) is 0.312. The lowest BCUT2D eigenvalue weighted by Gasteiger charge is -2.28. The average Bonchev–Trinajstić information content (AvgIpc) is 2.49.